The van der Waals surface area contributed by atoms with Crippen molar-refractivity contribution in [2.75, 3.05) is 18.5 Å². The lowest BCUT2D eigenvalue weighted by atomic mass is 10.3. The number of alkyl halides is 2. The van der Waals surface area contributed by atoms with Crippen LogP contribution in [0.2, 0.25) is 0 Å². The highest BCUT2D eigenvalue weighted by Gasteiger charge is 2.32. The molecule has 1 aromatic rings. The van der Waals surface area contributed by atoms with E-state index < -0.39 is 13.0 Å². The number of nitrogens with one attached hydrogen (secondary N) is 1. The number of anilines is 1. The SMILES string of the molecule is O=C(Nc1cnn(CC(F)F)c1)N(CCCCO)C1CC1. The van der Waals surface area contributed by atoms with E-state index >= 15 is 0 Å². The number of unbranched alkanes of at least 4 members (excludes halogenated alkanes) is 1. The van der Waals surface area contributed by atoms with E-state index in [1.165, 1.54) is 12.4 Å². The maximum atomic E-state index is 12.2. The average molecular weight is 302 g/mol. The van der Waals surface area contributed by atoms with Crippen LogP contribution in [0, 0.1) is 0 Å². The van der Waals surface area contributed by atoms with Gasteiger partial charge in [0.2, 0.25) is 0 Å². The molecule has 2 amide bonds. The summed E-state index contributed by atoms with van der Waals surface area (Å²) in [6.45, 7) is 0.210. The van der Waals surface area contributed by atoms with Gasteiger partial charge >= 0.3 is 6.03 Å². The zero-order valence-electron chi connectivity index (χ0n) is 11.7. The van der Waals surface area contributed by atoms with Gasteiger partial charge in [-0.25, -0.2) is 13.6 Å². The molecule has 0 aromatic carbocycles. The van der Waals surface area contributed by atoms with E-state index in [9.17, 15) is 13.6 Å². The summed E-state index contributed by atoms with van der Waals surface area (Å²) >= 11 is 0. The maximum Gasteiger partial charge on any atom is 0.322 e. The van der Waals surface area contributed by atoms with E-state index in [2.05, 4.69) is 10.4 Å². The number of urea groups is 1. The smallest absolute Gasteiger partial charge is 0.322 e. The lowest BCUT2D eigenvalue weighted by molar-refractivity contribution is 0.122. The molecule has 2 N–H and O–H groups in total. The molecule has 1 saturated carbocycles. The van der Waals surface area contributed by atoms with Gasteiger partial charge < -0.3 is 15.3 Å². The minimum atomic E-state index is -2.48. The second-order valence-electron chi connectivity index (χ2n) is 5.13. The van der Waals surface area contributed by atoms with E-state index in [4.69, 9.17) is 5.11 Å². The lowest BCUT2D eigenvalue weighted by Crippen LogP contribution is -2.37. The molecule has 0 aliphatic heterocycles. The van der Waals surface area contributed by atoms with Crippen molar-refractivity contribution < 1.29 is 18.7 Å². The van der Waals surface area contributed by atoms with Gasteiger partial charge in [0.05, 0.1) is 11.9 Å². The molecule has 1 fully saturated rings. The first-order valence-electron chi connectivity index (χ1n) is 7.09. The zero-order chi connectivity index (χ0) is 15.2. The first-order chi connectivity index (χ1) is 10.1. The van der Waals surface area contributed by atoms with Crippen LogP contribution in [-0.4, -0.2) is 51.4 Å². The van der Waals surface area contributed by atoms with Crippen LogP contribution in [0.1, 0.15) is 25.7 Å². The summed E-state index contributed by atoms with van der Waals surface area (Å²) in [6, 6.07) is 0.00633. The quantitative estimate of drug-likeness (QED) is 0.721. The summed E-state index contributed by atoms with van der Waals surface area (Å²) in [5.41, 5.74) is 0.411. The highest BCUT2D eigenvalue weighted by molar-refractivity contribution is 5.89. The molecule has 118 valence electrons. The third-order valence-corrected chi connectivity index (χ3v) is 3.27. The second kappa shape index (κ2) is 7.35. The topological polar surface area (TPSA) is 70.4 Å². The Kier molecular flexibility index (Phi) is 5.49. The number of hydrogen-bond donors (Lipinski definition) is 2. The number of rotatable bonds is 8. The van der Waals surface area contributed by atoms with Gasteiger partial charge in [0, 0.05) is 25.4 Å². The molecule has 0 saturated heterocycles. The van der Waals surface area contributed by atoms with Crippen LogP contribution in [0.15, 0.2) is 12.4 Å². The van der Waals surface area contributed by atoms with Gasteiger partial charge in [-0.1, -0.05) is 0 Å². The molecule has 8 heteroatoms. The summed E-state index contributed by atoms with van der Waals surface area (Å²) < 4.78 is 25.6. The predicted octanol–water partition coefficient (Wildman–Crippen LogP) is 1.92. The fourth-order valence-electron chi connectivity index (χ4n) is 2.09. The number of aliphatic hydroxyl groups is 1. The lowest BCUT2D eigenvalue weighted by Gasteiger charge is -2.22. The number of halogens is 2. The van der Waals surface area contributed by atoms with E-state index in [0.717, 1.165) is 23.9 Å². The van der Waals surface area contributed by atoms with Crippen molar-refractivity contribution in [2.24, 2.45) is 0 Å². The summed E-state index contributed by atoms with van der Waals surface area (Å²) in [5, 5.41) is 15.2. The van der Waals surface area contributed by atoms with E-state index in [0.29, 0.717) is 18.7 Å². The molecule has 0 spiro atoms. The number of hydrogen-bond acceptors (Lipinski definition) is 3. The number of aliphatic hydroxyl groups excluding tert-OH is 1. The van der Waals surface area contributed by atoms with E-state index in [-0.39, 0.29) is 18.7 Å². The van der Waals surface area contributed by atoms with Crippen LogP contribution in [0.5, 0.6) is 0 Å². The normalized spacial score (nSPS) is 14.5. The third-order valence-electron chi connectivity index (χ3n) is 3.27. The van der Waals surface area contributed by atoms with Crippen LogP contribution in [0.3, 0.4) is 0 Å². The van der Waals surface area contributed by atoms with Gasteiger partial charge in [-0.2, -0.15) is 5.10 Å². The van der Waals surface area contributed by atoms with Crippen molar-refractivity contribution in [1.82, 2.24) is 14.7 Å². The third kappa shape index (κ3) is 4.96. The number of amides is 2. The van der Waals surface area contributed by atoms with E-state index in [1.807, 2.05) is 0 Å². The van der Waals surface area contributed by atoms with Crippen LogP contribution < -0.4 is 5.32 Å². The Bertz CT molecular complexity index is 463. The summed E-state index contributed by atoms with van der Waals surface area (Å²) in [6.07, 6.45) is 3.64. The standard InChI is InChI=1S/C13H20F2N4O2/c14-12(15)9-18-8-10(7-16-18)17-13(21)19(11-3-4-11)5-1-2-6-20/h7-8,11-12,20H,1-6,9H2,(H,17,21). The molecule has 0 bridgehead atoms. The van der Waals surface area contributed by atoms with Crippen molar-refractivity contribution in [3.63, 3.8) is 0 Å². The molecular weight excluding hydrogens is 282 g/mol. The first kappa shape index (κ1) is 15.7. The minimum absolute atomic E-state index is 0.112. The predicted molar refractivity (Wildman–Crippen MR) is 73.3 cm³/mol. The highest BCUT2D eigenvalue weighted by atomic mass is 19.3. The molecule has 1 aliphatic rings. The van der Waals surface area contributed by atoms with Crippen molar-refractivity contribution in [3.8, 4) is 0 Å². The Morgan fingerprint density at radius 3 is 2.90 bits per heavy atom. The Morgan fingerprint density at radius 1 is 1.52 bits per heavy atom. The number of carbonyl (C=O) groups excluding carboxylic acids is 1. The van der Waals surface area contributed by atoms with Crippen molar-refractivity contribution in [2.45, 2.75) is 44.7 Å². The minimum Gasteiger partial charge on any atom is -0.396 e. The monoisotopic (exact) mass is 302 g/mol. The fourth-order valence-corrected chi connectivity index (χ4v) is 2.09. The molecule has 6 nitrogen and oxygen atoms in total. The Labute approximate surface area is 121 Å². The average Bonchev–Trinajstić information content (AvgIpc) is 3.16. The molecular formula is C13H20F2N4O2. The molecule has 0 atom stereocenters. The Morgan fingerprint density at radius 2 is 2.29 bits per heavy atom. The van der Waals surface area contributed by atoms with Gasteiger partial charge in [0.15, 0.2) is 0 Å². The van der Waals surface area contributed by atoms with Gasteiger partial charge in [-0.3, -0.25) is 4.68 Å². The first-order valence-corrected chi connectivity index (χ1v) is 7.09. The molecule has 0 unspecified atom stereocenters. The van der Waals surface area contributed by atoms with Crippen molar-refractivity contribution in [1.29, 1.82) is 0 Å². The summed E-state index contributed by atoms with van der Waals surface area (Å²) in [5.74, 6) is 0. The zero-order valence-corrected chi connectivity index (χ0v) is 11.7. The van der Waals surface area contributed by atoms with Crippen LogP contribution >= 0.6 is 0 Å². The van der Waals surface area contributed by atoms with Gasteiger partial charge in [0.25, 0.3) is 6.43 Å². The number of aromatic nitrogens is 2. The van der Waals surface area contributed by atoms with E-state index in [1.54, 1.807) is 4.90 Å². The summed E-state index contributed by atoms with van der Waals surface area (Å²) in [7, 11) is 0. The van der Waals surface area contributed by atoms with Gasteiger partial charge in [-0.15, -0.1) is 0 Å². The molecule has 21 heavy (non-hydrogen) atoms. The molecule has 1 aliphatic carbocycles. The summed E-state index contributed by atoms with van der Waals surface area (Å²) in [4.78, 5) is 13.9. The molecule has 1 aromatic heterocycles. The number of carbonyl (C=O) groups is 1. The van der Waals surface area contributed by atoms with Gasteiger partial charge in [-0.05, 0) is 25.7 Å². The fraction of sp³-hybridized carbons (Fsp3) is 0.692. The number of nitrogens with zero attached hydrogens (tertiary/aromatic N) is 3. The van der Waals surface area contributed by atoms with Gasteiger partial charge in [0.1, 0.15) is 6.54 Å². The Hall–Kier alpha value is -1.70. The molecule has 2 rings (SSSR count). The second-order valence-corrected chi connectivity index (χ2v) is 5.13. The van der Waals surface area contributed by atoms with Crippen LogP contribution in [-0.2, 0) is 6.54 Å². The van der Waals surface area contributed by atoms with Crippen LogP contribution in [0.25, 0.3) is 0 Å². The van der Waals surface area contributed by atoms with Crippen LogP contribution in [0.4, 0.5) is 19.3 Å². The maximum absolute atomic E-state index is 12.2. The largest absolute Gasteiger partial charge is 0.396 e. The molecule has 1 heterocycles. The Balaban J connectivity index is 1.87. The van der Waals surface area contributed by atoms with Crippen molar-refractivity contribution >= 4 is 11.7 Å². The highest BCUT2D eigenvalue weighted by Crippen LogP contribution is 2.27. The van der Waals surface area contributed by atoms with Crippen molar-refractivity contribution in [3.05, 3.63) is 12.4 Å². The molecule has 0 radical (unpaired) electrons.